The Morgan fingerprint density at radius 1 is 0.552 bits per heavy atom. The molecule has 1 heterocycles. The average Bonchev–Trinajstić information content (AvgIpc) is 3.22. The maximum absolute atomic E-state index is 12.7. The van der Waals surface area contributed by atoms with E-state index >= 15 is 0 Å². The minimum atomic E-state index is -1.56. The van der Waals surface area contributed by atoms with E-state index in [1.165, 1.54) is 19.3 Å². The lowest BCUT2D eigenvalue weighted by Crippen LogP contribution is -2.59. The van der Waals surface area contributed by atoms with Gasteiger partial charge in [-0.1, -0.05) is 149 Å². The number of hydrogen-bond donors (Lipinski definition) is 4. The Bertz CT molecular complexity index is 1240. The van der Waals surface area contributed by atoms with E-state index in [4.69, 9.17) is 18.9 Å². The topological polar surface area (TPSA) is 135 Å². The number of rotatable bonds is 35. The number of ether oxygens (including phenoxy) is 4. The molecule has 0 aromatic carbocycles. The highest BCUT2D eigenvalue weighted by Crippen LogP contribution is 2.22. The number of aliphatic hydroxyl groups excluding tert-OH is 4. The molecule has 6 unspecified atom stereocenters. The fourth-order valence-electron chi connectivity index (χ4n) is 5.82. The summed E-state index contributed by atoms with van der Waals surface area (Å²) in [5, 5.41) is 40.1. The molecule has 9 nitrogen and oxygen atoms in total. The molecule has 0 saturated carbocycles. The Hall–Kier alpha value is -3.15. The van der Waals surface area contributed by atoms with Crippen LogP contribution in [0.2, 0.25) is 0 Å². The first-order chi connectivity index (χ1) is 28.4. The summed E-state index contributed by atoms with van der Waals surface area (Å²) in [4.78, 5) is 12.7. The van der Waals surface area contributed by atoms with Gasteiger partial charge in [-0.3, -0.25) is 4.79 Å². The predicted molar refractivity (Wildman–Crippen MR) is 237 cm³/mol. The van der Waals surface area contributed by atoms with Gasteiger partial charge in [0.15, 0.2) is 6.29 Å². The monoisotopic (exact) mass is 811 g/mol. The van der Waals surface area contributed by atoms with E-state index in [2.05, 4.69) is 111 Å². The molecule has 1 aliphatic heterocycles. The molecule has 0 bridgehead atoms. The Labute approximate surface area is 351 Å². The zero-order valence-electron chi connectivity index (χ0n) is 35.7. The number of unbranched alkanes of at least 4 members (excludes halogenated alkanes) is 6. The standard InChI is InChI=1S/C49H78O9/c1-3-5-7-9-11-13-15-17-18-19-20-21-22-23-24-25-27-29-31-33-35-37-39-55-41-43(42-56-49-48(54)47(53)46(52)44(40-50)58-49)57-45(51)38-36-34-32-30-28-26-16-14-12-10-8-6-4-2/h5-8,11-14,17-18,20-21,23-24,26,28,32,34,43-44,46-50,52-54H,3-4,9-10,15-16,19,22,25,27,29-31,33,35-42H2,1-2H3/b7-5-,8-6-,13-11-,14-12-,18-17-,21-20-,24-23-,28-26-,34-32-. The van der Waals surface area contributed by atoms with Gasteiger partial charge in [-0.05, 0) is 83.5 Å². The van der Waals surface area contributed by atoms with E-state index in [-0.39, 0.29) is 19.6 Å². The first kappa shape index (κ1) is 52.9. The van der Waals surface area contributed by atoms with Crippen LogP contribution in [0.1, 0.15) is 129 Å². The fourth-order valence-corrected chi connectivity index (χ4v) is 5.82. The van der Waals surface area contributed by atoms with Gasteiger partial charge in [0, 0.05) is 13.0 Å². The predicted octanol–water partition coefficient (Wildman–Crippen LogP) is 9.80. The van der Waals surface area contributed by atoms with Crippen LogP contribution in [0.4, 0.5) is 0 Å². The van der Waals surface area contributed by atoms with Gasteiger partial charge in [0.25, 0.3) is 0 Å². The van der Waals surface area contributed by atoms with Crippen molar-refractivity contribution in [3.05, 3.63) is 109 Å². The third-order valence-electron chi connectivity index (χ3n) is 9.20. The molecule has 1 rings (SSSR count). The molecule has 0 spiro atoms. The lowest BCUT2D eigenvalue weighted by atomic mass is 9.99. The van der Waals surface area contributed by atoms with Gasteiger partial charge in [-0.2, -0.15) is 0 Å². The number of hydrogen-bond acceptors (Lipinski definition) is 9. The van der Waals surface area contributed by atoms with E-state index in [1.807, 2.05) is 12.2 Å². The van der Waals surface area contributed by atoms with Crippen molar-refractivity contribution in [1.82, 2.24) is 0 Å². The van der Waals surface area contributed by atoms with Crippen LogP contribution >= 0.6 is 0 Å². The fraction of sp³-hybridized carbons (Fsp3) is 0.612. The van der Waals surface area contributed by atoms with Crippen molar-refractivity contribution in [1.29, 1.82) is 0 Å². The summed E-state index contributed by atoms with van der Waals surface area (Å²) in [6.45, 7) is 4.16. The third kappa shape index (κ3) is 30.0. The summed E-state index contributed by atoms with van der Waals surface area (Å²) in [5.74, 6) is -0.405. The molecule has 1 fully saturated rings. The summed E-state index contributed by atoms with van der Waals surface area (Å²) in [5.41, 5.74) is 0. The molecule has 0 aromatic rings. The maximum atomic E-state index is 12.7. The van der Waals surface area contributed by atoms with Gasteiger partial charge in [-0.25, -0.2) is 0 Å². The van der Waals surface area contributed by atoms with E-state index in [0.29, 0.717) is 13.0 Å². The van der Waals surface area contributed by atoms with Crippen molar-refractivity contribution in [3.63, 3.8) is 0 Å². The second kappa shape index (κ2) is 39.3. The molecule has 0 radical (unpaired) electrons. The number of aliphatic hydroxyl groups is 4. The van der Waals surface area contributed by atoms with E-state index in [9.17, 15) is 25.2 Å². The van der Waals surface area contributed by atoms with E-state index in [0.717, 1.165) is 83.5 Å². The zero-order chi connectivity index (χ0) is 42.2. The van der Waals surface area contributed by atoms with E-state index in [1.54, 1.807) is 0 Å². The maximum Gasteiger partial charge on any atom is 0.306 e. The van der Waals surface area contributed by atoms with E-state index < -0.39 is 49.4 Å². The van der Waals surface area contributed by atoms with Gasteiger partial charge in [0.05, 0.1) is 19.8 Å². The summed E-state index contributed by atoms with van der Waals surface area (Å²) < 4.78 is 22.7. The Kier molecular flexibility index (Phi) is 35.8. The Morgan fingerprint density at radius 3 is 1.50 bits per heavy atom. The molecule has 0 aromatic heterocycles. The van der Waals surface area contributed by atoms with Gasteiger partial charge in [0.2, 0.25) is 0 Å². The molecular formula is C49H78O9. The van der Waals surface area contributed by atoms with Crippen LogP contribution < -0.4 is 0 Å². The number of allylic oxidation sites excluding steroid dienone is 18. The molecule has 1 aliphatic rings. The minimum Gasteiger partial charge on any atom is -0.457 e. The largest absolute Gasteiger partial charge is 0.457 e. The van der Waals surface area contributed by atoms with Crippen LogP contribution in [-0.4, -0.2) is 89.6 Å². The molecule has 1 saturated heterocycles. The first-order valence-electron chi connectivity index (χ1n) is 22.0. The first-order valence-corrected chi connectivity index (χ1v) is 22.0. The number of esters is 1. The molecular weight excluding hydrogens is 733 g/mol. The smallest absolute Gasteiger partial charge is 0.306 e. The zero-order valence-corrected chi connectivity index (χ0v) is 35.7. The minimum absolute atomic E-state index is 0.0976. The highest BCUT2D eigenvalue weighted by molar-refractivity contribution is 5.69. The van der Waals surface area contributed by atoms with Crippen molar-refractivity contribution >= 4 is 5.97 Å². The van der Waals surface area contributed by atoms with Crippen LogP contribution in [0, 0.1) is 0 Å². The molecule has 6 atom stereocenters. The lowest BCUT2D eigenvalue weighted by Gasteiger charge is -2.39. The Balaban J connectivity index is 2.31. The van der Waals surface area contributed by atoms with Gasteiger partial charge in [-0.15, -0.1) is 0 Å². The van der Waals surface area contributed by atoms with Crippen LogP contribution in [0.5, 0.6) is 0 Å². The summed E-state index contributed by atoms with van der Waals surface area (Å²) in [6.07, 6.45) is 48.5. The van der Waals surface area contributed by atoms with Gasteiger partial charge < -0.3 is 39.4 Å². The normalized spacial score (nSPS) is 21.4. The van der Waals surface area contributed by atoms with Gasteiger partial charge in [0.1, 0.15) is 30.5 Å². The summed E-state index contributed by atoms with van der Waals surface area (Å²) >= 11 is 0. The average molecular weight is 811 g/mol. The number of carbonyl (C=O) groups is 1. The second-order valence-electron chi connectivity index (χ2n) is 14.4. The van der Waals surface area contributed by atoms with Crippen LogP contribution in [-0.2, 0) is 23.7 Å². The van der Waals surface area contributed by atoms with Crippen molar-refractivity contribution < 1.29 is 44.2 Å². The highest BCUT2D eigenvalue weighted by atomic mass is 16.7. The van der Waals surface area contributed by atoms with Crippen molar-refractivity contribution in [2.45, 2.75) is 166 Å². The lowest BCUT2D eigenvalue weighted by molar-refractivity contribution is -0.305. The third-order valence-corrected chi connectivity index (χ3v) is 9.20. The van der Waals surface area contributed by atoms with Crippen molar-refractivity contribution in [2.24, 2.45) is 0 Å². The molecule has 328 valence electrons. The molecule has 0 amide bonds. The van der Waals surface area contributed by atoms with Crippen LogP contribution in [0.15, 0.2) is 109 Å². The van der Waals surface area contributed by atoms with Gasteiger partial charge >= 0.3 is 5.97 Å². The summed E-state index contributed by atoms with van der Waals surface area (Å²) in [6, 6.07) is 0. The number of carbonyl (C=O) groups excluding carboxylic acids is 1. The SMILES string of the molecule is CC/C=C\C/C=C\C/C=C\C/C=C\C/C=C\CCCCCCCCOCC(COC1OC(CO)C(O)C(O)C1O)OC(=O)CC/C=C\C/C=C\C/C=C\C/C=C\CC. The second-order valence-corrected chi connectivity index (χ2v) is 14.4. The van der Waals surface area contributed by atoms with Crippen LogP contribution in [0.3, 0.4) is 0 Å². The van der Waals surface area contributed by atoms with Crippen molar-refractivity contribution in [2.75, 3.05) is 26.4 Å². The summed E-state index contributed by atoms with van der Waals surface area (Å²) in [7, 11) is 0. The quantitative estimate of drug-likeness (QED) is 0.0280. The Morgan fingerprint density at radius 2 is 1.00 bits per heavy atom. The molecule has 58 heavy (non-hydrogen) atoms. The van der Waals surface area contributed by atoms with Crippen LogP contribution in [0.25, 0.3) is 0 Å². The van der Waals surface area contributed by atoms with Crippen molar-refractivity contribution in [3.8, 4) is 0 Å². The highest BCUT2D eigenvalue weighted by Gasteiger charge is 2.44. The molecule has 4 N–H and O–H groups in total. The molecule has 0 aliphatic carbocycles. The molecule has 9 heteroatoms.